The number of hydrogen-bond acceptors (Lipinski definition) is 3. The van der Waals surface area contributed by atoms with Gasteiger partial charge in [0, 0.05) is 11.6 Å². The smallest absolute Gasteiger partial charge is 0.132 e. The first-order valence-electron chi connectivity index (χ1n) is 7.49. The van der Waals surface area contributed by atoms with Gasteiger partial charge in [-0.2, -0.15) is 5.26 Å². The Morgan fingerprint density at radius 2 is 1.78 bits per heavy atom. The van der Waals surface area contributed by atoms with Crippen LogP contribution in [0.4, 0.5) is 0 Å². The van der Waals surface area contributed by atoms with Crippen LogP contribution in [-0.2, 0) is 5.41 Å². The van der Waals surface area contributed by atoms with Crippen molar-refractivity contribution in [3.8, 4) is 17.6 Å². The summed E-state index contributed by atoms with van der Waals surface area (Å²) in [5.41, 5.74) is 0.410. The summed E-state index contributed by atoms with van der Waals surface area (Å²) in [5.74, 6) is 1.29. The lowest BCUT2D eigenvalue weighted by molar-refractivity contribution is 0.367. The molecule has 118 valence electrons. The third-order valence-corrected chi connectivity index (χ3v) is 4.93. The van der Waals surface area contributed by atoms with E-state index in [1.807, 2.05) is 24.3 Å². The molecule has 23 heavy (non-hydrogen) atoms. The number of benzene rings is 2. The van der Waals surface area contributed by atoms with Crippen molar-refractivity contribution >= 4 is 23.2 Å². The molecule has 1 saturated heterocycles. The fraction of sp³-hybridized carbons (Fsp3) is 0.278. The normalized spacial score (nSPS) is 16.6. The lowest BCUT2D eigenvalue weighted by Crippen LogP contribution is -2.39. The number of hydrogen-bond donors (Lipinski definition) is 1. The second-order valence-corrected chi connectivity index (χ2v) is 6.43. The Labute approximate surface area is 145 Å². The van der Waals surface area contributed by atoms with Gasteiger partial charge in [0.2, 0.25) is 0 Å². The molecular formula is C18H16Cl2N2O. The zero-order chi connectivity index (χ0) is 16.3. The zero-order valence-corrected chi connectivity index (χ0v) is 14.0. The van der Waals surface area contributed by atoms with Crippen molar-refractivity contribution in [2.24, 2.45) is 0 Å². The van der Waals surface area contributed by atoms with E-state index in [9.17, 15) is 5.26 Å². The summed E-state index contributed by atoms with van der Waals surface area (Å²) in [4.78, 5) is 0. The Hall–Kier alpha value is -1.73. The van der Waals surface area contributed by atoms with Crippen LogP contribution in [-0.4, -0.2) is 13.1 Å². The van der Waals surface area contributed by atoms with Crippen LogP contribution < -0.4 is 10.1 Å². The van der Waals surface area contributed by atoms with E-state index in [0.717, 1.165) is 31.5 Å². The van der Waals surface area contributed by atoms with Gasteiger partial charge in [-0.1, -0.05) is 41.4 Å². The van der Waals surface area contributed by atoms with E-state index in [-0.39, 0.29) is 0 Å². The Balaban J connectivity index is 1.97. The number of nitrogens with zero attached hydrogens (tertiary/aromatic N) is 1. The molecule has 0 aliphatic carbocycles. The Kier molecular flexibility index (Phi) is 4.77. The van der Waals surface area contributed by atoms with Gasteiger partial charge in [0.05, 0.1) is 21.5 Å². The molecule has 0 atom stereocenters. The highest BCUT2D eigenvalue weighted by Crippen LogP contribution is 2.40. The molecule has 0 radical (unpaired) electrons. The van der Waals surface area contributed by atoms with Crippen molar-refractivity contribution in [3.63, 3.8) is 0 Å². The molecule has 0 unspecified atom stereocenters. The number of ether oxygens (including phenoxy) is 1. The molecular weight excluding hydrogens is 331 g/mol. The summed E-state index contributed by atoms with van der Waals surface area (Å²) in [6.45, 7) is 1.66. The van der Waals surface area contributed by atoms with Gasteiger partial charge >= 0.3 is 0 Å². The maximum absolute atomic E-state index is 9.79. The summed E-state index contributed by atoms with van der Waals surface area (Å²) >= 11 is 12.0. The highest BCUT2D eigenvalue weighted by atomic mass is 35.5. The molecule has 2 aromatic rings. The number of halogens is 2. The van der Waals surface area contributed by atoms with Crippen molar-refractivity contribution < 1.29 is 4.74 Å². The van der Waals surface area contributed by atoms with Crippen LogP contribution in [0, 0.1) is 11.3 Å². The molecule has 2 aromatic carbocycles. The Morgan fingerprint density at radius 1 is 1.04 bits per heavy atom. The molecule has 5 heteroatoms. The number of piperidine rings is 1. The molecule has 0 saturated carbocycles. The van der Waals surface area contributed by atoms with Crippen LogP contribution in [0.5, 0.6) is 11.5 Å². The van der Waals surface area contributed by atoms with Gasteiger partial charge < -0.3 is 10.1 Å². The van der Waals surface area contributed by atoms with E-state index in [1.54, 1.807) is 18.2 Å². The summed E-state index contributed by atoms with van der Waals surface area (Å²) < 4.78 is 6.01. The Bertz CT molecular complexity index is 749. The third-order valence-electron chi connectivity index (χ3n) is 4.19. The van der Waals surface area contributed by atoms with Crippen molar-refractivity contribution in [1.29, 1.82) is 5.26 Å². The highest BCUT2D eigenvalue weighted by Gasteiger charge is 2.36. The number of para-hydroxylation sites is 1. The van der Waals surface area contributed by atoms with E-state index in [0.29, 0.717) is 21.5 Å². The first kappa shape index (κ1) is 16.1. The molecule has 1 aliphatic rings. The van der Waals surface area contributed by atoms with Crippen LogP contribution in [0.15, 0.2) is 42.5 Å². The third kappa shape index (κ3) is 3.30. The Morgan fingerprint density at radius 3 is 2.48 bits per heavy atom. The molecule has 3 nitrogen and oxygen atoms in total. The van der Waals surface area contributed by atoms with Crippen LogP contribution in [0.2, 0.25) is 10.0 Å². The SMILES string of the molecule is N#CC1(c2ccccc2Oc2ccc(Cl)c(Cl)c2)CCNCC1. The van der Waals surface area contributed by atoms with Gasteiger partial charge in [-0.15, -0.1) is 0 Å². The van der Waals surface area contributed by atoms with Gasteiger partial charge in [-0.05, 0) is 44.1 Å². The van der Waals surface area contributed by atoms with Gasteiger partial charge in [-0.3, -0.25) is 0 Å². The van der Waals surface area contributed by atoms with Gasteiger partial charge in [0.25, 0.3) is 0 Å². The van der Waals surface area contributed by atoms with Gasteiger partial charge in [-0.25, -0.2) is 0 Å². The minimum absolute atomic E-state index is 0.443. The fourth-order valence-electron chi connectivity index (χ4n) is 2.91. The average molecular weight is 347 g/mol. The monoisotopic (exact) mass is 346 g/mol. The van der Waals surface area contributed by atoms with E-state index in [2.05, 4.69) is 11.4 Å². The number of nitriles is 1. The first-order valence-corrected chi connectivity index (χ1v) is 8.25. The van der Waals surface area contributed by atoms with Crippen molar-refractivity contribution in [1.82, 2.24) is 5.32 Å². The van der Waals surface area contributed by atoms with Crippen molar-refractivity contribution in [2.75, 3.05) is 13.1 Å². The molecule has 1 aliphatic heterocycles. The summed E-state index contributed by atoms with van der Waals surface area (Å²) in [6.07, 6.45) is 1.54. The quantitative estimate of drug-likeness (QED) is 0.856. The van der Waals surface area contributed by atoms with Crippen molar-refractivity contribution in [3.05, 3.63) is 58.1 Å². The average Bonchev–Trinajstić information content (AvgIpc) is 2.59. The topological polar surface area (TPSA) is 45.0 Å². The number of nitrogens with one attached hydrogen (secondary N) is 1. The second-order valence-electron chi connectivity index (χ2n) is 5.62. The number of rotatable bonds is 3. The first-order chi connectivity index (χ1) is 11.1. The fourth-order valence-corrected chi connectivity index (χ4v) is 3.20. The maximum Gasteiger partial charge on any atom is 0.132 e. The minimum Gasteiger partial charge on any atom is -0.457 e. The van der Waals surface area contributed by atoms with Gasteiger partial charge in [0.15, 0.2) is 0 Å². The van der Waals surface area contributed by atoms with E-state index >= 15 is 0 Å². The summed E-state index contributed by atoms with van der Waals surface area (Å²) in [6, 6.07) is 15.4. The molecule has 1 N–H and O–H groups in total. The molecule has 0 amide bonds. The highest BCUT2D eigenvalue weighted by molar-refractivity contribution is 6.42. The minimum atomic E-state index is -0.516. The molecule has 1 heterocycles. The predicted molar refractivity (Wildman–Crippen MR) is 92.4 cm³/mol. The summed E-state index contributed by atoms with van der Waals surface area (Å²) in [5, 5.41) is 14.0. The van der Waals surface area contributed by atoms with Crippen LogP contribution in [0.3, 0.4) is 0 Å². The van der Waals surface area contributed by atoms with Crippen LogP contribution in [0.25, 0.3) is 0 Å². The molecule has 3 rings (SSSR count). The standard InChI is InChI=1S/C18H16Cl2N2O/c19-15-6-5-13(11-16(15)20)23-17-4-2-1-3-14(17)18(12-21)7-9-22-10-8-18/h1-6,11,22H,7-10H2. The lowest BCUT2D eigenvalue weighted by atomic mass is 9.74. The maximum atomic E-state index is 9.79. The largest absolute Gasteiger partial charge is 0.457 e. The zero-order valence-electron chi connectivity index (χ0n) is 12.5. The molecule has 0 aromatic heterocycles. The molecule has 0 bridgehead atoms. The predicted octanol–water partition coefficient (Wildman–Crippen LogP) is 4.93. The molecule has 1 fully saturated rings. The van der Waals surface area contributed by atoms with E-state index < -0.39 is 5.41 Å². The van der Waals surface area contributed by atoms with E-state index in [1.165, 1.54) is 0 Å². The lowest BCUT2D eigenvalue weighted by Gasteiger charge is -2.32. The summed E-state index contributed by atoms with van der Waals surface area (Å²) in [7, 11) is 0. The van der Waals surface area contributed by atoms with Crippen LogP contribution in [0.1, 0.15) is 18.4 Å². The van der Waals surface area contributed by atoms with E-state index in [4.69, 9.17) is 27.9 Å². The van der Waals surface area contributed by atoms with Crippen LogP contribution >= 0.6 is 23.2 Å². The van der Waals surface area contributed by atoms with Crippen molar-refractivity contribution in [2.45, 2.75) is 18.3 Å². The second kappa shape index (κ2) is 6.80. The molecule has 0 spiro atoms. The van der Waals surface area contributed by atoms with Gasteiger partial charge in [0.1, 0.15) is 11.5 Å².